The molecule has 0 atom stereocenters. The minimum absolute atomic E-state index is 0.344. The molecule has 26 heavy (non-hydrogen) atoms. The van der Waals surface area contributed by atoms with Crippen molar-refractivity contribution in [3.63, 3.8) is 0 Å². The van der Waals surface area contributed by atoms with Gasteiger partial charge in [0.15, 0.2) is 0 Å². The van der Waals surface area contributed by atoms with Gasteiger partial charge in [0.05, 0.1) is 30.9 Å². The molecule has 2 heterocycles. The van der Waals surface area contributed by atoms with Crippen molar-refractivity contribution in [3.05, 3.63) is 55.6 Å². The first-order chi connectivity index (χ1) is 12.4. The van der Waals surface area contributed by atoms with Crippen LogP contribution in [0.3, 0.4) is 0 Å². The van der Waals surface area contributed by atoms with Crippen molar-refractivity contribution in [2.24, 2.45) is 0 Å². The summed E-state index contributed by atoms with van der Waals surface area (Å²) in [6.45, 7) is 3.11. The van der Waals surface area contributed by atoms with Crippen molar-refractivity contribution >= 4 is 35.2 Å². The van der Waals surface area contributed by atoms with E-state index in [9.17, 15) is 0 Å². The molecular weight excluding hydrogens is 392 g/mol. The summed E-state index contributed by atoms with van der Waals surface area (Å²) in [6.07, 6.45) is 0.535. The van der Waals surface area contributed by atoms with Crippen LogP contribution in [0.2, 0.25) is 5.02 Å². The van der Waals surface area contributed by atoms with Crippen molar-refractivity contribution in [1.82, 2.24) is 19.7 Å². The normalized spacial score (nSPS) is 11.3. The molecule has 0 radical (unpaired) electrons. The summed E-state index contributed by atoms with van der Waals surface area (Å²) in [5.74, 6) is 1.36. The lowest BCUT2D eigenvalue weighted by Crippen LogP contribution is -2.22. The second-order valence-electron chi connectivity index (χ2n) is 5.91. The van der Waals surface area contributed by atoms with Crippen LogP contribution in [-0.2, 0) is 19.6 Å². The number of nitrogens with zero attached hydrogens (tertiary/aromatic N) is 4. The zero-order chi connectivity index (χ0) is 18.7. The molecule has 0 bridgehead atoms. The highest BCUT2D eigenvalue weighted by molar-refractivity contribution is 7.71. The maximum Gasteiger partial charge on any atom is 0.288 e. The van der Waals surface area contributed by atoms with E-state index < -0.39 is 0 Å². The van der Waals surface area contributed by atoms with E-state index >= 15 is 0 Å². The number of hydrogen-bond donors (Lipinski definition) is 0. The van der Waals surface area contributed by atoms with Gasteiger partial charge in [-0.1, -0.05) is 11.6 Å². The van der Waals surface area contributed by atoms with E-state index in [4.69, 9.17) is 33.0 Å². The Labute approximate surface area is 166 Å². The average molecular weight is 411 g/mol. The first kappa shape index (κ1) is 19.0. The predicted molar refractivity (Wildman–Crippen MR) is 104 cm³/mol. The third-order valence-electron chi connectivity index (χ3n) is 3.71. The molecule has 0 aliphatic rings. The summed E-state index contributed by atoms with van der Waals surface area (Å²) < 4.78 is 12.7. The lowest BCUT2D eigenvalue weighted by Gasteiger charge is -2.18. The SMILES string of the molecule is COc1ccc(Cl)cc1CN(C)Cn1nc(Cc2csc(C)n2)oc1=S. The average Bonchev–Trinajstić information content (AvgIpc) is 3.13. The highest BCUT2D eigenvalue weighted by Crippen LogP contribution is 2.24. The standard InChI is InChI=1S/C17H19ClN4O2S2/c1-11-19-14(9-26-11)7-16-20-22(17(25)24-16)10-21(2)8-12-6-13(18)4-5-15(12)23-3/h4-6,9H,7-8,10H2,1-3H3. The topological polar surface area (TPSA) is 56.3 Å². The van der Waals surface area contributed by atoms with Crippen LogP contribution in [0.4, 0.5) is 0 Å². The Bertz CT molecular complexity index is 950. The summed E-state index contributed by atoms with van der Waals surface area (Å²) in [5.41, 5.74) is 1.93. The zero-order valence-electron chi connectivity index (χ0n) is 14.7. The molecule has 0 unspecified atom stereocenters. The van der Waals surface area contributed by atoms with Gasteiger partial charge in [-0.3, -0.25) is 4.90 Å². The van der Waals surface area contributed by atoms with E-state index in [0.717, 1.165) is 22.0 Å². The quantitative estimate of drug-likeness (QED) is 0.541. The fraction of sp³-hybridized carbons (Fsp3) is 0.353. The predicted octanol–water partition coefficient (Wildman–Crippen LogP) is 4.31. The van der Waals surface area contributed by atoms with E-state index in [2.05, 4.69) is 15.0 Å². The van der Waals surface area contributed by atoms with Crippen LogP contribution in [0, 0.1) is 11.8 Å². The number of methoxy groups -OCH3 is 1. The molecule has 138 valence electrons. The van der Waals surface area contributed by atoms with Gasteiger partial charge in [-0.25, -0.2) is 9.67 Å². The minimum atomic E-state index is 0.344. The number of hydrogen-bond acceptors (Lipinski definition) is 7. The Hall–Kier alpha value is -1.74. The highest BCUT2D eigenvalue weighted by atomic mass is 35.5. The molecule has 0 fully saturated rings. The van der Waals surface area contributed by atoms with Gasteiger partial charge in [0, 0.05) is 22.5 Å². The van der Waals surface area contributed by atoms with Crippen LogP contribution >= 0.6 is 35.2 Å². The molecule has 0 spiro atoms. The van der Waals surface area contributed by atoms with E-state index in [1.807, 2.05) is 37.6 Å². The molecule has 6 nitrogen and oxygen atoms in total. The monoisotopic (exact) mass is 410 g/mol. The molecule has 0 aliphatic heterocycles. The van der Waals surface area contributed by atoms with E-state index in [1.165, 1.54) is 0 Å². The highest BCUT2D eigenvalue weighted by Gasteiger charge is 2.12. The summed E-state index contributed by atoms with van der Waals surface area (Å²) in [4.78, 5) is 6.83. The van der Waals surface area contributed by atoms with Gasteiger partial charge in [0.1, 0.15) is 5.75 Å². The van der Waals surface area contributed by atoms with Gasteiger partial charge in [-0.2, -0.15) is 0 Å². The van der Waals surface area contributed by atoms with E-state index in [-0.39, 0.29) is 0 Å². The van der Waals surface area contributed by atoms with Crippen LogP contribution in [0.15, 0.2) is 28.0 Å². The number of rotatable bonds is 7. The Morgan fingerprint density at radius 3 is 2.92 bits per heavy atom. The molecule has 0 N–H and O–H groups in total. The zero-order valence-corrected chi connectivity index (χ0v) is 17.1. The minimum Gasteiger partial charge on any atom is -0.496 e. The summed E-state index contributed by atoms with van der Waals surface area (Å²) >= 11 is 13.0. The van der Waals surface area contributed by atoms with Crippen molar-refractivity contribution in [2.75, 3.05) is 14.2 Å². The maximum absolute atomic E-state index is 6.10. The van der Waals surface area contributed by atoms with Gasteiger partial charge < -0.3 is 9.15 Å². The van der Waals surface area contributed by atoms with E-state index in [1.54, 1.807) is 23.1 Å². The molecule has 9 heteroatoms. The Morgan fingerprint density at radius 2 is 2.23 bits per heavy atom. The second-order valence-corrected chi connectivity index (χ2v) is 7.76. The molecule has 3 aromatic rings. The van der Waals surface area contributed by atoms with Gasteiger partial charge in [0.2, 0.25) is 5.89 Å². The van der Waals surface area contributed by atoms with Crippen LogP contribution in [-0.4, -0.2) is 33.8 Å². The van der Waals surface area contributed by atoms with Gasteiger partial charge in [0.25, 0.3) is 4.84 Å². The molecule has 2 aromatic heterocycles. The fourth-order valence-electron chi connectivity index (χ4n) is 2.59. The number of aryl methyl sites for hydroxylation is 1. The van der Waals surface area contributed by atoms with Crippen molar-refractivity contribution in [1.29, 1.82) is 0 Å². The first-order valence-electron chi connectivity index (χ1n) is 7.93. The summed E-state index contributed by atoms with van der Waals surface area (Å²) in [7, 11) is 3.62. The number of thiazole rings is 1. The molecule has 3 rings (SSSR count). The summed E-state index contributed by atoms with van der Waals surface area (Å²) in [6, 6.07) is 5.57. The molecule has 0 saturated heterocycles. The maximum atomic E-state index is 6.10. The van der Waals surface area contributed by atoms with Gasteiger partial charge in [-0.15, -0.1) is 16.4 Å². The fourth-order valence-corrected chi connectivity index (χ4v) is 3.60. The smallest absolute Gasteiger partial charge is 0.288 e. The first-order valence-corrected chi connectivity index (χ1v) is 9.60. The second kappa shape index (κ2) is 8.30. The number of ether oxygens (including phenoxy) is 1. The lowest BCUT2D eigenvalue weighted by molar-refractivity contribution is 0.237. The van der Waals surface area contributed by atoms with Gasteiger partial charge >= 0.3 is 0 Å². The van der Waals surface area contributed by atoms with Crippen LogP contribution in [0.5, 0.6) is 5.75 Å². The molecule has 0 amide bonds. The number of benzene rings is 1. The third kappa shape index (κ3) is 4.70. The number of aromatic nitrogens is 3. The molecule has 0 aliphatic carbocycles. The summed E-state index contributed by atoms with van der Waals surface area (Å²) in [5, 5.41) is 8.17. The third-order valence-corrected chi connectivity index (χ3v) is 5.06. The molecule has 0 saturated carbocycles. The number of halogens is 1. The van der Waals surface area contributed by atoms with Crippen LogP contribution < -0.4 is 4.74 Å². The van der Waals surface area contributed by atoms with Crippen molar-refractivity contribution in [2.45, 2.75) is 26.6 Å². The Morgan fingerprint density at radius 1 is 1.42 bits per heavy atom. The van der Waals surface area contributed by atoms with Crippen LogP contribution in [0.1, 0.15) is 22.2 Å². The van der Waals surface area contributed by atoms with E-state index in [0.29, 0.717) is 35.4 Å². The van der Waals surface area contributed by atoms with Crippen molar-refractivity contribution in [3.8, 4) is 5.75 Å². The Kier molecular flexibility index (Phi) is 6.08. The molecule has 1 aromatic carbocycles. The van der Waals surface area contributed by atoms with Gasteiger partial charge in [-0.05, 0) is 44.4 Å². The van der Waals surface area contributed by atoms with Crippen molar-refractivity contribution < 1.29 is 9.15 Å². The Balaban J connectivity index is 1.69. The van der Waals surface area contributed by atoms with Crippen LogP contribution in [0.25, 0.3) is 0 Å². The largest absolute Gasteiger partial charge is 0.496 e. The lowest BCUT2D eigenvalue weighted by atomic mass is 10.2. The molecular formula is C17H19ClN4O2S2.